The summed E-state index contributed by atoms with van der Waals surface area (Å²) in [7, 11) is 3.72. The fourth-order valence-electron chi connectivity index (χ4n) is 2.42. The summed E-state index contributed by atoms with van der Waals surface area (Å²) < 4.78 is 7.50. The molecule has 1 aliphatic rings. The summed E-state index contributed by atoms with van der Waals surface area (Å²) >= 11 is 0. The first-order chi connectivity index (χ1) is 7.85. The van der Waals surface area contributed by atoms with E-state index in [2.05, 4.69) is 20.1 Å². The molecule has 0 radical (unpaired) electrons. The molecule has 16 heavy (non-hydrogen) atoms. The van der Waals surface area contributed by atoms with Gasteiger partial charge in [-0.25, -0.2) is 9.67 Å². The molecule has 5 heteroatoms. The Morgan fingerprint density at radius 3 is 3.19 bits per heavy atom. The zero-order valence-electron chi connectivity index (χ0n) is 10.0. The molecule has 0 bridgehead atoms. The highest BCUT2D eigenvalue weighted by atomic mass is 16.5. The van der Waals surface area contributed by atoms with Crippen LogP contribution in [0.25, 0.3) is 0 Å². The molecule has 0 spiro atoms. The first-order valence-electron chi connectivity index (χ1n) is 5.91. The lowest BCUT2D eigenvalue weighted by atomic mass is 9.93. The van der Waals surface area contributed by atoms with Gasteiger partial charge in [0.1, 0.15) is 12.2 Å². The second kappa shape index (κ2) is 5.41. The Labute approximate surface area is 96.2 Å². The molecule has 0 aromatic carbocycles. The van der Waals surface area contributed by atoms with Gasteiger partial charge >= 0.3 is 0 Å². The molecule has 0 amide bonds. The molecule has 1 saturated carbocycles. The molecule has 0 aliphatic heterocycles. The van der Waals surface area contributed by atoms with E-state index < -0.39 is 0 Å². The van der Waals surface area contributed by atoms with E-state index in [1.807, 2.05) is 7.05 Å². The molecule has 5 nitrogen and oxygen atoms in total. The van der Waals surface area contributed by atoms with Crippen LogP contribution in [0.4, 0.5) is 0 Å². The summed E-state index contributed by atoms with van der Waals surface area (Å²) in [5.74, 6) is 1.02. The highest BCUT2D eigenvalue weighted by molar-refractivity contribution is 4.89. The molecule has 2 unspecified atom stereocenters. The van der Waals surface area contributed by atoms with E-state index in [1.165, 1.54) is 19.3 Å². The van der Waals surface area contributed by atoms with Gasteiger partial charge in [-0.2, -0.15) is 5.10 Å². The molecule has 2 atom stereocenters. The lowest BCUT2D eigenvalue weighted by Crippen LogP contribution is -2.26. The maximum atomic E-state index is 5.44. The number of methoxy groups -OCH3 is 1. The van der Waals surface area contributed by atoms with Gasteiger partial charge in [-0.15, -0.1) is 0 Å². The van der Waals surface area contributed by atoms with Gasteiger partial charge in [0.2, 0.25) is 0 Å². The van der Waals surface area contributed by atoms with Gasteiger partial charge in [0.05, 0.1) is 18.7 Å². The van der Waals surface area contributed by atoms with E-state index in [9.17, 15) is 0 Å². The maximum absolute atomic E-state index is 5.44. The van der Waals surface area contributed by atoms with Crippen molar-refractivity contribution in [2.24, 2.45) is 0 Å². The van der Waals surface area contributed by atoms with Crippen LogP contribution in [0.5, 0.6) is 0 Å². The standard InChI is InChI=1S/C11H20N4O/c1-12-7-11-13-8-14-15(11)9-4-3-5-10(6-9)16-2/h8-10,12H,3-7H2,1-2H3. The van der Waals surface area contributed by atoms with Crippen LogP contribution >= 0.6 is 0 Å². The van der Waals surface area contributed by atoms with Gasteiger partial charge in [0, 0.05) is 7.11 Å². The molecule has 1 aromatic heterocycles. The van der Waals surface area contributed by atoms with Crippen LogP contribution in [-0.4, -0.2) is 35.0 Å². The minimum absolute atomic E-state index is 0.380. The second-order valence-electron chi connectivity index (χ2n) is 4.33. The minimum atomic E-state index is 0.380. The Balaban J connectivity index is 2.07. The molecule has 1 fully saturated rings. The zero-order valence-corrected chi connectivity index (χ0v) is 10.0. The van der Waals surface area contributed by atoms with Crippen LogP contribution in [0.3, 0.4) is 0 Å². The molecule has 1 N–H and O–H groups in total. The van der Waals surface area contributed by atoms with Crippen molar-refractivity contribution < 1.29 is 4.74 Å². The summed E-state index contributed by atoms with van der Waals surface area (Å²) in [4.78, 5) is 4.28. The van der Waals surface area contributed by atoms with E-state index in [0.29, 0.717) is 12.1 Å². The topological polar surface area (TPSA) is 52.0 Å². The third-order valence-corrected chi connectivity index (χ3v) is 3.26. The van der Waals surface area contributed by atoms with Gasteiger partial charge in [-0.1, -0.05) is 0 Å². The van der Waals surface area contributed by atoms with E-state index in [1.54, 1.807) is 13.4 Å². The Morgan fingerprint density at radius 2 is 2.44 bits per heavy atom. The molecule has 1 aliphatic carbocycles. The minimum Gasteiger partial charge on any atom is -0.381 e. The number of nitrogens with zero attached hydrogens (tertiary/aromatic N) is 3. The molecule has 2 rings (SSSR count). The smallest absolute Gasteiger partial charge is 0.141 e. The van der Waals surface area contributed by atoms with Gasteiger partial charge in [-0.05, 0) is 32.7 Å². The van der Waals surface area contributed by atoms with Gasteiger partial charge in [-0.3, -0.25) is 0 Å². The average Bonchev–Trinajstić information content (AvgIpc) is 2.78. The summed E-state index contributed by atoms with van der Waals surface area (Å²) in [6.07, 6.45) is 6.63. The second-order valence-corrected chi connectivity index (χ2v) is 4.33. The quantitative estimate of drug-likeness (QED) is 0.833. The highest BCUT2D eigenvalue weighted by Crippen LogP contribution is 2.29. The van der Waals surface area contributed by atoms with Crippen LogP contribution in [0.1, 0.15) is 37.5 Å². The van der Waals surface area contributed by atoms with Crippen molar-refractivity contribution in [3.63, 3.8) is 0 Å². The Bertz CT molecular complexity index is 326. The predicted octanol–water partition coefficient (Wildman–Crippen LogP) is 1.13. The Hall–Kier alpha value is -0.940. The highest BCUT2D eigenvalue weighted by Gasteiger charge is 2.25. The summed E-state index contributed by atoms with van der Waals surface area (Å²) in [5, 5.41) is 7.46. The van der Waals surface area contributed by atoms with Crippen LogP contribution < -0.4 is 5.32 Å². The Morgan fingerprint density at radius 1 is 1.56 bits per heavy atom. The maximum Gasteiger partial charge on any atom is 0.141 e. The fraction of sp³-hybridized carbons (Fsp3) is 0.818. The number of ether oxygens (including phenoxy) is 1. The van der Waals surface area contributed by atoms with Gasteiger partial charge in [0.25, 0.3) is 0 Å². The number of nitrogens with one attached hydrogen (secondary N) is 1. The van der Waals surface area contributed by atoms with Crippen molar-refractivity contribution in [1.82, 2.24) is 20.1 Å². The fourth-order valence-corrected chi connectivity index (χ4v) is 2.42. The molecular weight excluding hydrogens is 204 g/mol. The van der Waals surface area contributed by atoms with Crippen molar-refractivity contribution in [3.05, 3.63) is 12.2 Å². The predicted molar refractivity (Wildman–Crippen MR) is 61.1 cm³/mol. The van der Waals surface area contributed by atoms with Crippen molar-refractivity contribution >= 4 is 0 Å². The SMILES string of the molecule is CNCc1ncnn1C1CCCC(OC)C1. The van der Waals surface area contributed by atoms with E-state index in [4.69, 9.17) is 4.74 Å². The third kappa shape index (κ3) is 2.41. The summed E-state index contributed by atoms with van der Waals surface area (Å²) in [6.45, 7) is 0.772. The zero-order chi connectivity index (χ0) is 11.4. The van der Waals surface area contributed by atoms with Crippen molar-refractivity contribution in [2.45, 2.75) is 44.4 Å². The third-order valence-electron chi connectivity index (χ3n) is 3.26. The van der Waals surface area contributed by atoms with Crippen molar-refractivity contribution in [1.29, 1.82) is 0 Å². The van der Waals surface area contributed by atoms with Crippen LogP contribution in [0.2, 0.25) is 0 Å². The average molecular weight is 224 g/mol. The number of aromatic nitrogens is 3. The number of hydrogen-bond acceptors (Lipinski definition) is 4. The van der Waals surface area contributed by atoms with E-state index in [-0.39, 0.29) is 0 Å². The normalized spacial score (nSPS) is 25.9. The number of hydrogen-bond donors (Lipinski definition) is 1. The van der Waals surface area contributed by atoms with Crippen LogP contribution in [0.15, 0.2) is 6.33 Å². The first-order valence-corrected chi connectivity index (χ1v) is 5.91. The molecule has 90 valence electrons. The first kappa shape index (κ1) is 11.5. The molecule has 1 aromatic rings. The largest absolute Gasteiger partial charge is 0.381 e. The van der Waals surface area contributed by atoms with E-state index in [0.717, 1.165) is 18.8 Å². The summed E-state index contributed by atoms with van der Waals surface area (Å²) in [6, 6.07) is 0.449. The van der Waals surface area contributed by atoms with Crippen LogP contribution in [-0.2, 0) is 11.3 Å². The van der Waals surface area contributed by atoms with Crippen molar-refractivity contribution in [2.75, 3.05) is 14.2 Å². The number of rotatable bonds is 4. The van der Waals surface area contributed by atoms with Gasteiger partial charge < -0.3 is 10.1 Å². The van der Waals surface area contributed by atoms with E-state index >= 15 is 0 Å². The Kier molecular flexibility index (Phi) is 3.90. The summed E-state index contributed by atoms with van der Waals surface area (Å²) in [5.41, 5.74) is 0. The molecular formula is C11H20N4O. The molecule has 0 saturated heterocycles. The lowest BCUT2D eigenvalue weighted by molar-refractivity contribution is 0.0501. The van der Waals surface area contributed by atoms with Crippen molar-refractivity contribution in [3.8, 4) is 0 Å². The van der Waals surface area contributed by atoms with Crippen LogP contribution in [0, 0.1) is 0 Å². The van der Waals surface area contributed by atoms with Gasteiger partial charge in [0.15, 0.2) is 0 Å². The molecule has 1 heterocycles. The lowest BCUT2D eigenvalue weighted by Gasteiger charge is -2.28. The monoisotopic (exact) mass is 224 g/mol.